The van der Waals surface area contributed by atoms with Crippen LogP contribution in [0, 0.1) is 0 Å². The molecule has 0 aromatic carbocycles. The Labute approximate surface area is 219 Å². The predicted octanol–water partition coefficient (Wildman–Crippen LogP) is 7.49. The average molecular weight is 501 g/mol. The standard InChI is InChI=1S/C31H48O5/c1-3-5-7-9-11-13-14-15-16-18-19-21-23-25-30(33)35-28-29(27-32)36-31(34)26-24-22-20-17-12-10-8-6-4-2/h5-9,11-14,17,22,24,29,32H,3-4,10,15-16,18-21,23,25-28H2,1-2H3/b7-5+,8-6+,11-9+,14-13+,17-12+,24-22+. The summed E-state index contributed by atoms with van der Waals surface area (Å²) in [5.41, 5.74) is 0. The second kappa shape index (κ2) is 26.9. The van der Waals surface area contributed by atoms with Crippen LogP contribution in [-0.2, 0) is 19.1 Å². The van der Waals surface area contributed by atoms with Crippen molar-refractivity contribution < 1.29 is 24.2 Å². The Hall–Kier alpha value is -2.66. The molecule has 0 rings (SSSR count). The summed E-state index contributed by atoms with van der Waals surface area (Å²) in [7, 11) is 0. The predicted molar refractivity (Wildman–Crippen MR) is 150 cm³/mol. The molecule has 5 nitrogen and oxygen atoms in total. The van der Waals surface area contributed by atoms with Crippen LogP contribution in [0.25, 0.3) is 0 Å². The molecule has 1 unspecified atom stereocenters. The minimum atomic E-state index is -0.828. The SMILES string of the molecule is CC/C=C/C=C/C=C/CCCCCCCC(=O)OCC(CO)OC(=O)C/C=C/C/C=C/C/C=C/CC. The van der Waals surface area contributed by atoms with Gasteiger partial charge in [0.2, 0.25) is 0 Å². The molecule has 0 heterocycles. The highest BCUT2D eigenvalue weighted by atomic mass is 16.6. The van der Waals surface area contributed by atoms with Crippen LogP contribution >= 0.6 is 0 Å². The molecule has 0 aliphatic carbocycles. The minimum Gasteiger partial charge on any atom is -0.462 e. The molecular formula is C31H48O5. The monoisotopic (exact) mass is 500 g/mol. The van der Waals surface area contributed by atoms with E-state index in [2.05, 4.69) is 56.4 Å². The van der Waals surface area contributed by atoms with Gasteiger partial charge in [-0.05, 0) is 44.9 Å². The van der Waals surface area contributed by atoms with Gasteiger partial charge in [-0.15, -0.1) is 0 Å². The van der Waals surface area contributed by atoms with E-state index in [1.165, 1.54) is 0 Å². The van der Waals surface area contributed by atoms with E-state index >= 15 is 0 Å². The third-order valence-corrected chi connectivity index (χ3v) is 5.09. The molecule has 0 bridgehead atoms. The van der Waals surface area contributed by atoms with Crippen molar-refractivity contribution >= 4 is 11.9 Å². The summed E-state index contributed by atoms with van der Waals surface area (Å²) >= 11 is 0. The van der Waals surface area contributed by atoms with Crippen LogP contribution in [0.5, 0.6) is 0 Å². The third kappa shape index (κ3) is 24.5. The highest BCUT2D eigenvalue weighted by Crippen LogP contribution is 2.09. The van der Waals surface area contributed by atoms with Crippen LogP contribution in [0.4, 0.5) is 0 Å². The first-order valence-corrected chi connectivity index (χ1v) is 13.5. The maximum atomic E-state index is 11.9. The number of esters is 2. The van der Waals surface area contributed by atoms with Crippen molar-refractivity contribution in [1.82, 2.24) is 0 Å². The lowest BCUT2D eigenvalue weighted by Crippen LogP contribution is -2.28. The first-order valence-electron chi connectivity index (χ1n) is 13.5. The molecule has 0 spiro atoms. The summed E-state index contributed by atoms with van der Waals surface area (Å²) in [5.74, 6) is -0.771. The lowest BCUT2D eigenvalue weighted by molar-refractivity contribution is -0.160. The number of allylic oxidation sites excluding steroid dienone is 11. The average Bonchev–Trinajstić information content (AvgIpc) is 2.88. The van der Waals surface area contributed by atoms with E-state index in [9.17, 15) is 14.7 Å². The largest absolute Gasteiger partial charge is 0.462 e. The van der Waals surface area contributed by atoms with E-state index < -0.39 is 12.1 Å². The second-order valence-electron chi connectivity index (χ2n) is 8.43. The number of unbranched alkanes of at least 4 members (excludes halogenated alkanes) is 5. The number of rotatable bonds is 22. The summed E-state index contributed by atoms with van der Waals surface area (Å²) in [6.45, 7) is 3.72. The Morgan fingerprint density at radius 3 is 2.00 bits per heavy atom. The number of carbonyl (C=O) groups is 2. The number of hydrogen-bond acceptors (Lipinski definition) is 5. The van der Waals surface area contributed by atoms with Gasteiger partial charge in [0.05, 0.1) is 13.0 Å². The fourth-order valence-corrected chi connectivity index (χ4v) is 3.08. The fourth-order valence-electron chi connectivity index (χ4n) is 3.08. The summed E-state index contributed by atoms with van der Waals surface area (Å²) < 4.78 is 10.4. The van der Waals surface area contributed by atoms with E-state index in [0.717, 1.165) is 64.2 Å². The van der Waals surface area contributed by atoms with E-state index in [-0.39, 0.29) is 25.6 Å². The topological polar surface area (TPSA) is 72.8 Å². The molecule has 0 fully saturated rings. The fraction of sp³-hybridized carbons (Fsp3) is 0.548. The first-order chi connectivity index (χ1) is 17.6. The molecule has 202 valence electrons. The summed E-state index contributed by atoms with van der Waals surface area (Å²) in [4.78, 5) is 23.8. The van der Waals surface area contributed by atoms with Crippen molar-refractivity contribution in [3.05, 3.63) is 72.9 Å². The Kier molecular flexibility index (Phi) is 24.9. The van der Waals surface area contributed by atoms with Gasteiger partial charge in [-0.25, -0.2) is 0 Å². The maximum absolute atomic E-state index is 11.9. The molecule has 0 aliphatic heterocycles. The Morgan fingerprint density at radius 2 is 1.31 bits per heavy atom. The van der Waals surface area contributed by atoms with E-state index in [1.807, 2.05) is 24.3 Å². The molecule has 36 heavy (non-hydrogen) atoms. The lowest BCUT2D eigenvalue weighted by atomic mass is 10.1. The molecule has 0 radical (unpaired) electrons. The Morgan fingerprint density at radius 1 is 0.694 bits per heavy atom. The van der Waals surface area contributed by atoms with Crippen LogP contribution in [0.1, 0.15) is 90.9 Å². The molecule has 1 atom stereocenters. The summed E-state index contributed by atoms with van der Waals surface area (Å²) in [6.07, 6.45) is 34.1. The van der Waals surface area contributed by atoms with Crippen LogP contribution in [0.2, 0.25) is 0 Å². The zero-order valence-electron chi connectivity index (χ0n) is 22.5. The number of aliphatic hydroxyl groups is 1. The maximum Gasteiger partial charge on any atom is 0.310 e. The zero-order chi connectivity index (χ0) is 26.5. The normalized spacial score (nSPS) is 13.3. The van der Waals surface area contributed by atoms with Gasteiger partial charge in [-0.2, -0.15) is 0 Å². The van der Waals surface area contributed by atoms with Crippen LogP contribution < -0.4 is 0 Å². The van der Waals surface area contributed by atoms with Gasteiger partial charge >= 0.3 is 11.9 Å². The summed E-state index contributed by atoms with van der Waals surface area (Å²) in [5, 5.41) is 9.40. The van der Waals surface area contributed by atoms with Gasteiger partial charge in [0.25, 0.3) is 0 Å². The smallest absolute Gasteiger partial charge is 0.310 e. The number of hydrogen-bond donors (Lipinski definition) is 1. The number of carbonyl (C=O) groups excluding carboxylic acids is 2. The van der Waals surface area contributed by atoms with Crippen molar-refractivity contribution in [2.24, 2.45) is 0 Å². The third-order valence-electron chi connectivity index (χ3n) is 5.09. The van der Waals surface area contributed by atoms with Gasteiger partial charge in [0.15, 0.2) is 6.10 Å². The van der Waals surface area contributed by atoms with Gasteiger partial charge in [-0.3, -0.25) is 9.59 Å². The van der Waals surface area contributed by atoms with Crippen molar-refractivity contribution in [1.29, 1.82) is 0 Å². The highest BCUT2D eigenvalue weighted by molar-refractivity contribution is 5.71. The minimum absolute atomic E-state index is 0.117. The highest BCUT2D eigenvalue weighted by Gasteiger charge is 2.15. The quantitative estimate of drug-likeness (QED) is 0.0721. The molecule has 1 N–H and O–H groups in total. The number of aliphatic hydroxyl groups excluding tert-OH is 1. The molecule has 5 heteroatoms. The van der Waals surface area contributed by atoms with Crippen molar-refractivity contribution in [3.63, 3.8) is 0 Å². The Balaban J connectivity index is 3.80. The zero-order valence-corrected chi connectivity index (χ0v) is 22.5. The first kappa shape index (κ1) is 33.3. The van der Waals surface area contributed by atoms with Gasteiger partial charge in [0.1, 0.15) is 6.61 Å². The van der Waals surface area contributed by atoms with Crippen molar-refractivity contribution in [2.45, 2.75) is 97.0 Å². The molecule has 0 aromatic rings. The van der Waals surface area contributed by atoms with Gasteiger partial charge < -0.3 is 14.6 Å². The van der Waals surface area contributed by atoms with Crippen LogP contribution in [0.3, 0.4) is 0 Å². The Bertz CT molecular complexity index is 712. The van der Waals surface area contributed by atoms with Crippen LogP contribution in [-0.4, -0.2) is 36.4 Å². The molecule has 0 amide bonds. The van der Waals surface area contributed by atoms with E-state index in [1.54, 1.807) is 6.08 Å². The second-order valence-corrected chi connectivity index (χ2v) is 8.43. The number of ether oxygens (including phenoxy) is 2. The molecule has 0 aliphatic rings. The van der Waals surface area contributed by atoms with Crippen LogP contribution in [0.15, 0.2) is 72.9 Å². The van der Waals surface area contributed by atoms with Crippen molar-refractivity contribution in [3.8, 4) is 0 Å². The lowest BCUT2D eigenvalue weighted by Gasteiger charge is -2.15. The van der Waals surface area contributed by atoms with Gasteiger partial charge in [0, 0.05) is 6.42 Å². The van der Waals surface area contributed by atoms with Crippen molar-refractivity contribution in [2.75, 3.05) is 13.2 Å². The van der Waals surface area contributed by atoms with E-state index in [4.69, 9.17) is 9.47 Å². The molecule has 0 saturated heterocycles. The molecule has 0 aromatic heterocycles. The molecular weight excluding hydrogens is 452 g/mol. The molecule has 0 saturated carbocycles. The summed E-state index contributed by atoms with van der Waals surface area (Å²) in [6, 6.07) is 0. The van der Waals surface area contributed by atoms with E-state index in [0.29, 0.717) is 6.42 Å². The van der Waals surface area contributed by atoms with Gasteiger partial charge in [-0.1, -0.05) is 106 Å².